The number of rotatable bonds is 23. The highest BCUT2D eigenvalue weighted by molar-refractivity contribution is 7.48. The Bertz CT molecular complexity index is 1490. The molecule has 0 aliphatic rings. The maximum atomic E-state index is 13.6. The molecule has 0 saturated heterocycles. The summed E-state index contributed by atoms with van der Waals surface area (Å²) in [4.78, 5) is 37.5. The number of nitrogens with one attached hydrogen (secondary N) is 1. The first kappa shape index (κ1) is 38.9. The highest BCUT2D eigenvalue weighted by Crippen LogP contribution is 2.51. The Kier molecular flexibility index (Phi) is 18.2. The van der Waals surface area contributed by atoms with Crippen LogP contribution in [0.2, 0.25) is 0 Å². The van der Waals surface area contributed by atoms with Crippen LogP contribution in [0.3, 0.4) is 0 Å². The van der Waals surface area contributed by atoms with Gasteiger partial charge in [0.25, 0.3) is 0 Å². The predicted octanol–water partition coefficient (Wildman–Crippen LogP) is 6.03. The van der Waals surface area contributed by atoms with Crippen molar-refractivity contribution in [3.8, 4) is 6.07 Å². The Morgan fingerprint density at radius 2 is 1.27 bits per heavy atom. The van der Waals surface area contributed by atoms with Crippen LogP contribution < -0.4 is 5.32 Å². The summed E-state index contributed by atoms with van der Waals surface area (Å²) < 4.78 is 51.3. The fraction of sp³-hybridized carbons (Fsp3) is 0.371. The first-order valence-electron chi connectivity index (χ1n) is 15.7. The van der Waals surface area contributed by atoms with Crippen molar-refractivity contribution in [2.75, 3.05) is 33.0 Å². The summed E-state index contributed by atoms with van der Waals surface area (Å²) in [5.41, 5.74) is 2.36. The second-order valence-electron chi connectivity index (χ2n) is 10.3. The third-order valence-corrected chi connectivity index (χ3v) is 7.98. The predicted molar refractivity (Wildman–Crippen MR) is 176 cm³/mol. The Morgan fingerprint density at radius 1 is 0.714 bits per heavy atom. The molecule has 0 saturated carbocycles. The summed E-state index contributed by atoms with van der Waals surface area (Å²) in [7, 11) is -4.42. The number of nitriles is 1. The van der Waals surface area contributed by atoms with Gasteiger partial charge in [-0.15, -0.1) is 0 Å². The molecule has 0 fully saturated rings. The van der Waals surface area contributed by atoms with Gasteiger partial charge in [-0.05, 0) is 29.5 Å². The third-order valence-electron chi connectivity index (χ3n) is 6.47. The zero-order chi connectivity index (χ0) is 35.0. The molecule has 0 aromatic heterocycles. The van der Waals surface area contributed by atoms with E-state index in [0.717, 1.165) is 11.1 Å². The number of carbonyl (C=O) groups excluding carboxylic acids is 3. The van der Waals surface area contributed by atoms with Crippen molar-refractivity contribution >= 4 is 25.9 Å². The fourth-order valence-corrected chi connectivity index (χ4v) is 5.36. The van der Waals surface area contributed by atoms with Crippen LogP contribution in [0.5, 0.6) is 0 Å². The SMILES string of the molecule is N#CCCOP(=O)(OCCCOCCNC(=O)OCc1ccccc1)OC(CCC(=O)OCc1ccccc1)C(=O)OCc1ccccc1. The summed E-state index contributed by atoms with van der Waals surface area (Å²) >= 11 is 0. The highest BCUT2D eigenvalue weighted by atomic mass is 31.2. The van der Waals surface area contributed by atoms with Gasteiger partial charge in [-0.2, -0.15) is 5.26 Å². The number of alkyl carbamates (subject to hydrolysis) is 1. The molecular weight excluding hydrogens is 655 g/mol. The molecule has 0 spiro atoms. The second kappa shape index (κ2) is 22.9. The van der Waals surface area contributed by atoms with E-state index in [1.54, 1.807) is 36.4 Å². The topological polar surface area (TPSA) is 169 Å². The number of benzene rings is 3. The molecule has 0 aliphatic heterocycles. The molecule has 3 aromatic rings. The molecule has 0 heterocycles. The fourth-order valence-electron chi connectivity index (χ4n) is 3.99. The number of phosphoric acid groups is 1. The summed E-state index contributed by atoms with van der Waals surface area (Å²) in [6.07, 6.45) is -2.44. The van der Waals surface area contributed by atoms with Crippen molar-refractivity contribution in [1.82, 2.24) is 5.32 Å². The molecule has 0 radical (unpaired) electrons. The molecule has 14 heteroatoms. The molecule has 3 aromatic carbocycles. The summed E-state index contributed by atoms with van der Waals surface area (Å²) in [6.45, 7) is 0.218. The van der Waals surface area contributed by atoms with Crippen LogP contribution in [0.25, 0.3) is 0 Å². The molecule has 262 valence electrons. The third kappa shape index (κ3) is 16.9. The normalized spacial score (nSPS) is 12.6. The number of nitrogens with zero attached hydrogens (tertiary/aromatic N) is 1. The smallest absolute Gasteiger partial charge is 0.461 e. The number of hydrogen-bond donors (Lipinski definition) is 1. The van der Waals surface area contributed by atoms with Crippen molar-refractivity contribution in [3.63, 3.8) is 0 Å². The largest absolute Gasteiger partial charge is 0.475 e. The molecule has 0 aliphatic carbocycles. The van der Waals surface area contributed by atoms with Gasteiger partial charge in [0, 0.05) is 19.6 Å². The zero-order valence-corrected chi connectivity index (χ0v) is 28.0. The maximum absolute atomic E-state index is 13.6. The van der Waals surface area contributed by atoms with Crippen molar-refractivity contribution < 1.29 is 51.5 Å². The van der Waals surface area contributed by atoms with Crippen molar-refractivity contribution in [2.24, 2.45) is 0 Å². The zero-order valence-electron chi connectivity index (χ0n) is 27.1. The molecule has 49 heavy (non-hydrogen) atoms. The lowest BCUT2D eigenvalue weighted by Gasteiger charge is -2.23. The molecule has 2 unspecified atom stereocenters. The lowest BCUT2D eigenvalue weighted by atomic mass is 10.2. The number of esters is 2. The highest BCUT2D eigenvalue weighted by Gasteiger charge is 2.35. The summed E-state index contributed by atoms with van der Waals surface area (Å²) in [5, 5.41) is 11.5. The second-order valence-corrected chi connectivity index (χ2v) is 12.0. The van der Waals surface area contributed by atoms with Gasteiger partial charge >= 0.3 is 25.9 Å². The lowest BCUT2D eigenvalue weighted by Crippen LogP contribution is -2.28. The van der Waals surface area contributed by atoms with E-state index in [2.05, 4.69) is 5.32 Å². The number of phosphoric ester groups is 1. The van der Waals surface area contributed by atoms with Gasteiger partial charge in [-0.25, -0.2) is 14.2 Å². The van der Waals surface area contributed by atoms with Crippen LogP contribution >= 0.6 is 7.82 Å². The van der Waals surface area contributed by atoms with Gasteiger partial charge in [0.15, 0.2) is 6.10 Å². The number of ether oxygens (including phenoxy) is 4. The van der Waals surface area contributed by atoms with Gasteiger partial charge in [-0.1, -0.05) is 91.0 Å². The van der Waals surface area contributed by atoms with Gasteiger partial charge < -0.3 is 24.3 Å². The number of hydrogen-bond acceptors (Lipinski definition) is 12. The van der Waals surface area contributed by atoms with Crippen molar-refractivity contribution in [2.45, 2.75) is 51.6 Å². The Balaban J connectivity index is 1.48. The molecule has 0 bridgehead atoms. The van der Waals surface area contributed by atoms with E-state index in [1.165, 1.54) is 0 Å². The van der Waals surface area contributed by atoms with E-state index in [0.29, 0.717) is 5.56 Å². The molecule has 1 amide bonds. The van der Waals surface area contributed by atoms with Crippen molar-refractivity contribution in [3.05, 3.63) is 108 Å². The first-order valence-corrected chi connectivity index (χ1v) is 17.2. The first-order chi connectivity index (χ1) is 23.9. The molecule has 3 rings (SSSR count). The summed E-state index contributed by atoms with van der Waals surface area (Å²) in [6, 6.07) is 29.1. The monoisotopic (exact) mass is 696 g/mol. The van der Waals surface area contributed by atoms with Gasteiger partial charge in [0.2, 0.25) is 0 Å². The van der Waals surface area contributed by atoms with E-state index in [4.69, 9.17) is 37.8 Å². The van der Waals surface area contributed by atoms with E-state index >= 15 is 0 Å². The number of carbonyl (C=O) groups is 3. The van der Waals surface area contributed by atoms with E-state index in [9.17, 15) is 18.9 Å². The molecule has 13 nitrogen and oxygen atoms in total. The Labute approximate surface area is 286 Å². The average molecular weight is 697 g/mol. The summed E-state index contributed by atoms with van der Waals surface area (Å²) in [5.74, 6) is -1.49. The van der Waals surface area contributed by atoms with Gasteiger partial charge in [0.05, 0.1) is 32.3 Å². The maximum Gasteiger partial charge on any atom is 0.475 e. The number of amides is 1. The van der Waals surface area contributed by atoms with Gasteiger partial charge in [0.1, 0.15) is 19.8 Å². The Hall–Kier alpha value is -4.57. The average Bonchev–Trinajstić information content (AvgIpc) is 3.13. The molecule has 2 atom stereocenters. The standard InChI is InChI=1S/C35H41N2O11P/c36-20-10-23-46-49(41,47-24-11-22-42-25-21-37-35(40)45-28-31-16-8-3-9-17-31)48-32(34(39)44-27-30-14-6-2-7-15-30)18-19-33(38)43-26-29-12-4-1-5-13-29/h1-9,12-17,32H,10-11,18-19,21-28H2,(H,37,40). The molecule has 1 N–H and O–H groups in total. The minimum Gasteiger partial charge on any atom is -0.461 e. The minimum absolute atomic E-state index is 0.0407. The van der Waals surface area contributed by atoms with E-state index in [1.807, 2.05) is 60.7 Å². The molecular formula is C35H41N2O11P. The van der Waals surface area contributed by atoms with E-state index < -0.39 is 32.0 Å². The van der Waals surface area contributed by atoms with Crippen LogP contribution in [0, 0.1) is 11.3 Å². The quantitative estimate of drug-likeness (QED) is 0.0530. The minimum atomic E-state index is -4.42. The van der Waals surface area contributed by atoms with Crippen LogP contribution in [-0.2, 0) is 66.5 Å². The van der Waals surface area contributed by atoms with Crippen LogP contribution in [0.15, 0.2) is 91.0 Å². The lowest BCUT2D eigenvalue weighted by molar-refractivity contribution is -0.156. The van der Waals surface area contributed by atoms with Gasteiger partial charge in [-0.3, -0.25) is 18.4 Å². The van der Waals surface area contributed by atoms with E-state index in [-0.39, 0.29) is 78.5 Å². The van der Waals surface area contributed by atoms with Crippen molar-refractivity contribution in [1.29, 1.82) is 5.26 Å². The van der Waals surface area contributed by atoms with Crippen LogP contribution in [0.1, 0.15) is 42.4 Å². The Morgan fingerprint density at radius 3 is 1.86 bits per heavy atom. The van der Waals surface area contributed by atoms with Crippen LogP contribution in [0.4, 0.5) is 4.79 Å². The van der Waals surface area contributed by atoms with Crippen LogP contribution in [-0.4, -0.2) is 57.1 Å².